The fourth-order valence-corrected chi connectivity index (χ4v) is 3.42. The van der Waals surface area contributed by atoms with Gasteiger partial charge in [0, 0.05) is 6.42 Å². The Morgan fingerprint density at radius 1 is 0.886 bits per heavy atom. The van der Waals surface area contributed by atoms with E-state index in [1.54, 1.807) is 0 Å². The van der Waals surface area contributed by atoms with Crippen LogP contribution in [0.25, 0.3) is 0 Å². The molecule has 0 bridgehead atoms. The van der Waals surface area contributed by atoms with E-state index in [1.165, 1.54) is 12.8 Å². The van der Waals surface area contributed by atoms with Crippen molar-refractivity contribution in [2.24, 2.45) is 5.73 Å². The Labute approximate surface area is 208 Å². The first-order valence-corrected chi connectivity index (χ1v) is 13.6. The molecule has 11 heteroatoms. The molecule has 0 fully saturated rings. The predicted octanol–water partition coefficient (Wildman–Crippen LogP) is 4.03. The summed E-state index contributed by atoms with van der Waals surface area (Å²) in [5.74, 6) is -1.88. The first kappa shape index (κ1) is 33.2. The van der Waals surface area contributed by atoms with Gasteiger partial charge in [0.05, 0.1) is 13.2 Å². The summed E-state index contributed by atoms with van der Waals surface area (Å²) in [7, 11) is -4.59. The average Bonchev–Trinajstić information content (AvgIpc) is 2.82. The molecule has 0 aromatic heterocycles. The van der Waals surface area contributed by atoms with Crippen molar-refractivity contribution in [3.05, 3.63) is 36.5 Å². The number of carbonyl (C=O) groups excluding carboxylic acids is 1. The number of aliphatic carboxylic acids is 1. The maximum Gasteiger partial charge on any atom is 0.472 e. The molecule has 35 heavy (non-hydrogen) atoms. The molecular weight excluding hydrogens is 477 g/mol. The van der Waals surface area contributed by atoms with Gasteiger partial charge in [-0.3, -0.25) is 18.6 Å². The van der Waals surface area contributed by atoms with E-state index in [0.29, 0.717) is 6.42 Å². The fourth-order valence-electron chi connectivity index (χ4n) is 2.63. The molecule has 0 saturated carbocycles. The van der Waals surface area contributed by atoms with Crippen molar-refractivity contribution in [1.82, 2.24) is 0 Å². The van der Waals surface area contributed by atoms with Crippen molar-refractivity contribution in [2.75, 3.05) is 19.8 Å². The number of nitrogens with two attached hydrogens (primary N) is 1. The highest BCUT2D eigenvalue weighted by Crippen LogP contribution is 2.43. The SMILES string of the molecule is CCCC/C=C/C=C/C=C\CCCCCCCC(=O)OCC(O)COP(=O)(O)OCC(N)C(=O)O. The van der Waals surface area contributed by atoms with E-state index in [0.717, 1.165) is 38.5 Å². The summed E-state index contributed by atoms with van der Waals surface area (Å²) in [5.41, 5.74) is 5.15. The van der Waals surface area contributed by atoms with Gasteiger partial charge in [-0.05, 0) is 25.7 Å². The third-order valence-corrected chi connectivity index (χ3v) is 5.63. The smallest absolute Gasteiger partial charge is 0.472 e. The first-order chi connectivity index (χ1) is 16.7. The van der Waals surface area contributed by atoms with Gasteiger partial charge in [-0.15, -0.1) is 0 Å². The minimum Gasteiger partial charge on any atom is -0.480 e. The van der Waals surface area contributed by atoms with Crippen molar-refractivity contribution in [2.45, 2.75) is 83.3 Å². The Balaban J connectivity index is 3.71. The molecule has 10 nitrogen and oxygen atoms in total. The van der Waals surface area contributed by atoms with Crippen LogP contribution in [0.3, 0.4) is 0 Å². The van der Waals surface area contributed by atoms with Gasteiger partial charge < -0.3 is 25.6 Å². The molecule has 0 aliphatic heterocycles. The van der Waals surface area contributed by atoms with Crippen LogP contribution in [0, 0.1) is 0 Å². The van der Waals surface area contributed by atoms with Crippen LogP contribution in [-0.4, -0.2) is 59.0 Å². The van der Waals surface area contributed by atoms with Crippen molar-refractivity contribution >= 4 is 19.8 Å². The number of hydrogen-bond donors (Lipinski definition) is 4. The molecule has 0 spiro atoms. The number of esters is 1. The highest BCUT2D eigenvalue weighted by atomic mass is 31.2. The van der Waals surface area contributed by atoms with Crippen LogP contribution in [0.4, 0.5) is 0 Å². The first-order valence-electron chi connectivity index (χ1n) is 12.1. The average molecular weight is 520 g/mol. The number of hydrogen-bond acceptors (Lipinski definition) is 8. The number of aliphatic hydroxyl groups is 1. The minimum atomic E-state index is -4.59. The lowest BCUT2D eigenvalue weighted by molar-refractivity contribution is -0.147. The lowest BCUT2D eigenvalue weighted by atomic mass is 10.1. The maximum absolute atomic E-state index is 11.7. The van der Waals surface area contributed by atoms with Gasteiger partial charge in [0.2, 0.25) is 0 Å². The third-order valence-electron chi connectivity index (χ3n) is 4.68. The molecule has 0 radical (unpaired) electrons. The Hall–Kier alpha value is -1.81. The van der Waals surface area contributed by atoms with Crippen LogP contribution in [0.5, 0.6) is 0 Å². The van der Waals surface area contributed by atoms with E-state index in [4.69, 9.17) is 15.6 Å². The summed E-state index contributed by atoms with van der Waals surface area (Å²) >= 11 is 0. The van der Waals surface area contributed by atoms with Crippen molar-refractivity contribution in [3.8, 4) is 0 Å². The van der Waals surface area contributed by atoms with E-state index in [-0.39, 0.29) is 6.42 Å². The molecule has 0 amide bonds. The molecule has 0 aromatic rings. The number of ether oxygens (including phenoxy) is 1. The topological polar surface area (TPSA) is 166 Å². The molecule has 0 rings (SSSR count). The van der Waals surface area contributed by atoms with Crippen LogP contribution in [0.2, 0.25) is 0 Å². The Morgan fingerprint density at radius 2 is 1.46 bits per heavy atom. The zero-order valence-electron chi connectivity index (χ0n) is 20.6. The zero-order chi connectivity index (χ0) is 26.4. The van der Waals surface area contributed by atoms with Crippen LogP contribution < -0.4 is 5.73 Å². The van der Waals surface area contributed by atoms with Gasteiger partial charge in [0.1, 0.15) is 18.8 Å². The van der Waals surface area contributed by atoms with Crippen LogP contribution in [0.1, 0.15) is 71.1 Å². The molecule has 0 aromatic carbocycles. The second-order valence-electron chi connectivity index (χ2n) is 8.03. The quantitative estimate of drug-likeness (QED) is 0.0710. The standard InChI is InChI=1S/C24H42NO9P/c1-2-3-4-5-6-7-8-9-10-11-12-13-14-15-16-17-23(27)32-18-21(26)19-33-35(30,31)34-20-22(25)24(28)29/h5-10,21-22,26H,2-4,11-20,25H2,1H3,(H,28,29)(H,30,31)/b6-5+,8-7+,10-9-. The van der Waals surface area contributed by atoms with E-state index in [1.807, 2.05) is 12.2 Å². The van der Waals surface area contributed by atoms with E-state index < -0.39 is 51.7 Å². The Morgan fingerprint density at radius 3 is 2.09 bits per heavy atom. The molecule has 202 valence electrons. The summed E-state index contributed by atoms with van der Waals surface area (Å²) < 4.78 is 25.5. The van der Waals surface area contributed by atoms with Gasteiger partial charge in [0.15, 0.2) is 0 Å². The predicted molar refractivity (Wildman–Crippen MR) is 134 cm³/mol. The molecule has 0 saturated heterocycles. The number of carbonyl (C=O) groups is 2. The van der Waals surface area contributed by atoms with Crippen molar-refractivity contribution in [1.29, 1.82) is 0 Å². The minimum absolute atomic E-state index is 0.221. The summed E-state index contributed by atoms with van der Waals surface area (Å²) in [6.07, 6.45) is 20.8. The molecule has 3 unspecified atom stereocenters. The monoisotopic (exact) mass is 519 g/mol. The van der Waals surface area contributed by atoms with E-state index >= 15 is 0 Å². The molecule has 3 atom stereocenters. The second kappa shape index (κ2) is 21.5. The second-order valence-corrected chi connectivity index (χ2v) is 9.49. The Bertz CT molecular complexity index is 709. The number of unbranched alkanes of at least 4 members (excludes halogenated alkanes) is 7. The lowest BCUT2D eigenvalue weighted by Gasteiger charge is -2.16. The van der Waals surface area contributed by atoms with Gasteiger partial charge in [-0.1, -0.05) is 75.5 Å². The normalized spacial score (nSPS) is 15.5. The van der Waals surface area contributed by atoms with Crippen LogP contribution in [-0.2, 0) is 27.9 Å². The summed E-state index contributed by atoms with van der Waals surface area (Å²) in [5, 5.41) is 18.3. The van der Waals surface area contributed by atoms with E-state index in [9.17, 15) is 24.2 Å². The summed E-state index contributed by atoms with van der Waals surface area (Å²) in [6, 6.07) is -1.49. The van der Waals surface area contributed by atoms with Gasteiger partial charge in [-0.25, -0.2) is 4.57 Å². The number of carboxylic acid groups (broad SMARTS) is 1. The van der Waals surface area contributed by atoms with Crippen molar-refractivity contribution in [3.63, 3.8) is 0 Å². The number of phosphoric acid groups is 1. The number of allylic oxidation sites excluding steroid dienone is 6. The third kappa shape index (κ3) is 22.4. The number of carboxylic acids is 1. The Kier molecular flexibility index (Phi) is 20.4. The highest BCUT2D eigenvalue weighted by molar-refractivity contribution is 7.47. The molecular formula is C24H42NO9P. The number of aliphatic hydroxyl groups excluding tert-OH is 1. The largest absolute Gasteiger partial charge is 0.480 e. The zero-order valence-corrected chi connectivity index (χ0v) is 21.5. The number of rotatable bonds is 22. The van der Waals surface area contributed by atoms with Crippen LogP contribution >= 0.6 is 7.82 Å². The molecule has 5 N–H and O–H groups in total. The van der Waals surface area contributed by atoms with Gasteiger partial charge in [0.25, 0.3) is 0 Å². The fraction of sp³-hybridized carbons (Fsp3) is 0.667. The van der Waals surface area contributed by atoms with Crippen molar-refractivity contribution < 1.29 is 43.0 Å². The van der Waals surface area contributed by atoms with Gasteiger partial charge >= 0.3 is 19.8 Å². The highest BCUT2D eigenvalue weighted by Gasteiger charge is 2.26. The lowest BCUT2D eigenvalue weighted by Crippen LogP contribution is -2.34. The number of phosphoric ester groups is 1. The van der Waals surface area contributed by atoms with Crippen LogP contribution in [0.15, 0.2) is 36.5 Å². The van der Waals surface area contributed by atoms with Gasteiger partial charge in [-0.2, -0.15) is 0 Å². The summed E-state index contributed by atoms with van der Waals surface area (Å²) in [6.45, 7) is 0.408. The maximum atomic E-state index is 11.7. The molecule has 0 aliphatic rings. The van der Waals surface area contributed by atoms with E-state index in [2.05, 4.69) is 40.3 Å². The summed E-state index contributed by atoms with van der Waals surface area (Å²) in [4.78, 5) is 31.7. The molecule has 0 aliphatic carbocycles. The molecule has 0 heterocycles.